The van der Waals surface area contributed by atoms with E-state index >= 15 is 0 Å². The predicted octanol–water partition coefficient (Wildman–Crippen LogP) is -2.67. The van der Waals surface area contributed by atoms with Crippen LogP contribution >= 0.6 is 0 Å². The topological polar surface area (TPSA) is 153 Å². The fraction of sp³-hybridized carbons (Fsp3) is 0.929. The lowest BCUT2D eigenvalue weighted by Crippen LogP contribution is -2.61. The highest BCUT2D eigenvalue weighted by atomic mass is 32.2. The highest BCUT2D eigenvalue weighted by Gasteiger charge is 2.44. The molecule has 0 aliphatic carbocycles. The van der Waals surface area contributed by atoms with Gasteiger partial charge >= 0.3 is 0 Å². The predicted molar refractivity (Wildman–Crippen MR) is 88.2 cm³/mol. The van der Waals surface area contributed by atoms with Crippen LogP contribution in [-0.2, 0) is 19.6 Å². The number of rotatable bonds is 8. The normalized spacial score (nSPS) is 30.9. The third-order valence-electron chi connectivity index (χ3n) is 4.29. The molecule has 0 spiro atoms. The minimum atomic E-state index is -3.98. The van der Waals surface area contributed by atoms with Gasteiger partial charge in [-0.25, -0.2) is 0 Å². The molecule has 11 heteroatoms. The van der Waals surface area contributed by atoms with Crippen LogP contribution in [0.4, 0.5) is 0 Å². The lowest BCUT2D eigenvalue weighted by Gasteiger charge is -2.38. The van der Waals surface area contributed by atoms with Gasteiger partial charge in [-0.3, -0.25) is 9.35 Å². The Morgan fingerprint density at radius 2 is 1.72 bits per heavy atom. The third-order valence-corrected chi connectivity index (χ3v) is 5.10. The van der Waals surface area contributed by atoms with Gasteiger partial charge in [-0.05, 0) is 6.92 Å². The number of amides is 1. The van der Waals surface area contributed by atoms with Gasteiger partial charge in [-0.2, -0.15) is 8.42 Å². The second-order valence-corrected chi connectivity index (χ2v) is 8.62. The fourth-order valence-corrected chi connectivity index (χ4v) is 3.13. The van der Waals surface area contributed by atoms with Crippen molar-refractivity contribution in [2.45, 2.75) is 43.9 Å². The molecule has 0 bridgehead atoms. The van der Waals surface area contributed by atoms with Crippen LogP contribution in [0.25, 0.3) is 0 Å². The summed E-state index contributed by atoms with van der Waals surface area (Å²) in [7, 11) is -0.281. The summed E-state index contributed by atoms with van der Waals surface area (Å²) in [6, 6.07) is 0. The van der Waals surface area contributed by atoms with Crippen LogP contribution in [0.2, 0.25) is 0 Å². The molecule has 2 unspecified atom stereocenters. The first-order valence-corrected chi connectivity index (χ1v) is 9.69. The van der Waals surface area contributed by atoms with E-state index in [-0.39, 0.29) is 18.7 Å². The first-order valence-electron chi connectivity index (χ1n) is 8.08. The van der Waals surface area contributed by atoms with E-state index in [1.54, 1.807) is 0 Å². The van der Waals surface area contributed by atoms with Crippen LogP contribution < -0.4 is 5.32 Å². The average molecular weight is 385 g/mol. The molecule has 25 heavy (non-hydrogen) atoms. The van der Waals surface area contributed by atoms with Crippen LogP contribution in [0.15, 0.2) is 0 Å². The second-order valence-electron chi connectivity index (χ2n) is 7.05. The standard InChI is InChI=1S/C14H28N2O8S/c1-9-10(17)11(18)12(19)13(24-9)14(20)15-5-7-16(2,3)6-4-8-25(21,22)23/h9-13,17-19H,4-8H2,1-3H3,(H-,15,20,21,22,23)/p+1/t9?,10-,11+,12-,13?/m0/s1. The van der Waals surface area contributed by atoms with Gasteiger partial charge in [0.1, 0.15) is 18.3 Å². The Kier molecular flexibility index (Phi) is 7.74. The van der Waals surface area contributed by atoms with E-state index in [1.165, 1.54) is 6.92 Å². The van der Waals surface area contributed by atoms with Crippen molar-refractivity contribution < 1.29 is 42.3 Å². The first kappa shape index (κ1) is 22.2. The van der Waals surface area contributed by atoms with Gasteiger partial charge in [0.15, 0.2) is 6.10 Å². The van der Waals surface area contributed by atoms with Gasteiger partial charge in [0.25, 0.3) is 16.0 Å². The molecule has 5 atom stereocenters. The zero-order chi connectivity index (χ0) is 19.4. The molecule has 5 N–H and O–H groups in total. The van der Waals surface area contributed by atoms with Crippen molar-refractivity contribution in [2.24, 2.45) is 0 Å². The van der Waals surface area contributed by atoms with E-state index in [9.17, 15) is 28.5 Å². The summed E-state index contributed by atoms with van der Waals surface area (Å²) in [5, 5.41) is 31.8. The Balaban J connectivity index is 2.43. The number of hydrogen-bond donors (Lipinski definition) is 5. The number of quaternary nitrogens is 1. The molecule has 0 aromatic rings. The number of aliphatic hydroxyl groups excluding tert-OH is 3. The number of nitrogens with zero attached hydrogens (tertiary/aromatic N) is 1. The van der Waals surface area contributed by atoms with Gasteiger partial charge in [0.05, 0.1) is 45.6 Å². The molecule has 0 aromatic heterocycles. The smallest absolute Gasteiger partial charge is 0.265 e. The lowest BCUT2D eigenvalue weighted by molar-refractivity contribution is -0.889. The van der Waals surface area contributed by atoms with Gasteiger partial charge in [-0.1, -0.05) is 0 Å². The molecule has 1 rings (SSSR count). The number of aliphatic hydroxyl groups is 3. The van der Waals surface area contributed by atoms with E-state index in [2.05, 4.69) is 5.32 Å². The van der Waals surface area contributed by atoms with Gasteiger partial charge in [-0.15, -0.1) is 0 Å². The molecule has 0 radical (unpaired) electrons. The molecule has 0 aromatic carbocycles. The molecule has 1 aliphatic rings. The Morgan fingerprint density at radius 1 is 1.12 bits per heavy atom. The van der Waals surface area contributed by atoms with Gasteiger partial charge in [0, 0.05) is 6.42 Å². The quantitative estimate of drug-likeness (QED) is 0.224. The SMILES string of the molecule is CC1OC(C(=O)NCC[N+](C)(C)CCCS(=O)(=O)O)[C@@H](O)[C@H](O)[C@H]1O. The molecule has 148 valence electrons. The minimum Gasteiger partial charge on any atom is -0.388 e. The van der Waals surface area contributed by atoms with Crippen LogP contribution in [0, 0.1) is 0 Å². The van der Waals surface area contributed by atoms with E-state index < -0.39 is 46.5 Å². The van der Waals surface area contributed by atoms with Crippen LogP contribution in [-0.4, -0.2) is 109 Å². The average Bonchev–Trinajstić information content (AvgIpc) is 2.46. The Hall–Kier alpha value is -0.820. The zero-order valence-corrected chi connectivity index (χ0v) is 15.5. The maximum Gasteiger partial charge on any atom is 0.265 e. The van der Waals surface area contributed by atoms with Crippen LogP contribution in [0.1, 0.15) is 13.3 Å². The van der Waals surface area contributed by atoms with Crippen LogP contribution in [0.5, 0.6) is 0 Å². The summed E-state index contributed by atoms with van der Waals surface area (Å²) >= 11 is 0. The summed E-state index contributed by atoms with van der Waals surface area (Å²) in [4.78, 5) is 12.1. The molecule has 0 saturated carbocycles. The molecular formula is C14H29N2O8S+. The third kappa shape index (κ3) is 7.13. The number of ether oxygens (including phenoxy) is 1. The fourth-order valence-electron chi connectivity index (χ4n) is 2.64. The molecule has 10 nitrogen and oxygen atoms in total. The molecule has 1 heterocycles. The van der Waals surface area contributed by atoms with E-state index in [1.807, 2.05) is 14.1 Å². The summed E-state index contributed by atoms with van der Waals surface area (Å²) < 4.78 is 35.8. The van der Waals surface area contributed by atoms with Crippen molar-refractivity contribution in [3.8, 4) is 0 Å². The molecule has 1 saturated heterocycles. The summed E-state index contributed by atoms with van der Waals surface area (Å²) in [5.74, 6) is -0.912. The number of carbonyl (C=O) groups excluding carboxylic acids is 1. The number of hydrogen-bond acceptors (Lipinski definition) is 7. The Bertz CT molecular complexity index is 553. The minimum absolute atomic E-state index is 0.247. The first-order chi connectivity index (χ1) is 11.3. The van der Waals surface area contributed by atoms with Crippen molar-refractivity contribution in [1.29, 1.82) is 0 Å². The number of nitrogens with one attached hydrogen (secondary N) is 1. The molecule has 1 amide bonds. The van der Waals surface area contributed by atoms with E-state index in [0.717, 1.165) is 0 Å². The molecule has 1 aliphatic heterocycles. The molecular weight excluding hydrogens is 356 g/mol. The number of likely N-dealkylation sites (N-methyl/N-ethyl adjacent to an activating group) is 1. The van der Waals surface area contributed by atoms with E-state index in [4.69, 9.17) is 9.29 Å². The summed E-state index contributed by atoms with van der Waals surface area (Å²) in [6.45, 7) is 2.72. The van der Waals surface area contributed by atoms with Crippen molar-refractivity contribution >= 4 is 16.0 Å². The van der Waals surface area contributed by atoms with Gasteiger partial charge in [0.2, 0.25) is 0 Å². The zero-order valence-electron chi connectivity index (χ0n) is 14.7. The highest BCUT2D eigenvalue weighted by Crippen LogP contribution is 2.21. The van der Waals surface area contributed by atoms with Crippen molar-refractivity contribution in [2.75, 3.05) is 39.5 Å². The number of carbonyl (C=O) groups is 1. The Morgan fingerprint density at radius 3 is 2.28 bits per heavy atom. The largest absolute Gasteiger partial charge is 0.388 e. The highest BCUT2D eigenvalue weighted by molar-refractivity contribution is 7.85. The van der Waals surface area contributed by atoms with E-state index in [0.29, 0.717) is 17.6 Å². The van der Waals surface area contributed by atoms with Crippen molar-refractivity contribution in [3.05, 3.63) is 0 Å². The second kappa shape index (κ2) is 8.71. The summed E-state index contributed by atoms with van der Waals surface area (Å²) in [6.07, 6.45) is -6.04. The molecule has 1 fully saturated rings. The maximum absolute atomic E-state index is 12.1. The van der Waals surface area contributed by atoms with Gasteiger partial charge < -0.3 is 29.9 Å². The summed E-state index contributed by atoms with van der Waals surface area (Å²) in [5.41, 5.74) is 0. The monoisotopic (exact) mass is 385 g/mol. The van der Waals surface area contributed by atoms with Crippen molar-refractivity contribution in [3.63, 3.8) is 0 Å². The van der Waals surface area contributed by atoms with Crippen LogP contribution in [0.3, 0.4) is 0 Å². The maximum atomic E-state index is 12.1. The lowest BCUT2D eigenvalue weighted by atomic mass is 9.95. The Labute approximate surface area is 147 Å². The van der Waals surface area contributed by atoms with Crippen molar-refractivity contribution in [1.82, 2.24) is 5.32 Å².